The number of piperidine rings is 2. The summed E-state index contributed by atoms with van der Waals surface area (Å²) in [5.74, 6) is 0. The molecular formula is C15H30N2O. The van der Waals surface area contributed by atoms with Crippen LogP contribution >= 0.6 is 0 Å². The zero-order chi connectivity index (χ0) is 13.0. The number of rotatable bonds is 4. The second-order valence-electron chi connectivity index (χ2n) is 6.20. The van der Waals surface area contributed by atoms with Gasteiger partial charge in [0.05, 0.1) is 6.10 Å². The van der Waals surface area contributed by atoms with Crippen LogP contribution in [0, 0.1) is 0 Å². The van der Waals surface area contributed by atoms with Crippen LogP contribution in [0.15, 0.2) is 0 Å². The molecule has 0 aliphatic carbocycles. The first-order chi connectivity index (χ1) is 8.70. The highest BCUT2D eigenvalue weighted by Gasteiger charge is 2.29. The van der Waals surface area contributed by atoms with Crippen LogP contribution in [0.3, 0.4) is 0 Å². The highest BCUT2D eigenvalue weighted by atomic mass is 16.5. The molecule has 0 radical (unpaired) electrons. The number of methoxy groups -OCH3 is 1. The van der Waals surface area contributed by atoms with Gasteiger partial charge in [-0.15, -0.1) is 0 Å². The van der Waals surface area contributed by atoms with Gasteiger partial charge < -0.3 is 10.1 Å². The molecule has 4 unspecified atom stereocenters. The summed E-state index contributed by atoms with van der Waals surface area (Å²) in [6.45, 7) is 7.18. The molecule has 4 atom stereocenters. The second-order valence-corrected chi connectivity index (χ2v) is 6.20. The predicted octanol–water partition coefficient (Wildman–Crippen LogP) is 2.41. The van der Waals surface area contributed by atoms with Crippen LogP contribution in [-0.4, -0.2) is 49.3 Å². The van der Waals surface area contributed by atoms with Crippen molar-refractivity contribution < 1.29 is 4.74 Å². The highest BCUT2D eigenvalue weighted by molar-refractivity contribution is 4.85. The Balaban J connectivity index is 1.79. The largest absolute Gasteiger partial charge is 0.381 e. The van der Waals surface area contributed by atoms with Crippen LogP contribution in [0.4, 0.5) is 0 Å². The summed E-state index contributed by atoms with van der Waals surface area (Å²) in [4.78, 5) is 2.69. The van der Waals surface area contributed by atoms with Crippen molar-refractivity contribution in [2.75, 3.05) is 20.2 Å². The molecule has 3 heteroatoms. The van der Waals surface area contributed by atoms with Crippen LogP contribution in [0.25, 0.3) is 0 Å². The van der Waals surface area contributed by atoms with Gasteiger partial charge in [0.25, 0.3) is 0 Å². The van der Waals surface area contributed by atoms with Gasteiger partial charge in [-0.25, -0.2) is 0 Å². The lowest BCUT2D eigenvalue weighted by atomic mass is 9.94. The molecule has 18 heavy (non-hydrogen) atoms. The Hall–Kier alpha value is -0.120. The van der Waals surface area contributed by atoms with Crippen molar-refractivity contribution in [1.82, 2.24) is 10.2 Å². The lowest BCUT2D eigenvalue weighted by molar-refractivity contribution is -0.00158. The van der Waals surface area contributed by atoms with Gasteiger partial charge in [-0.1, -0.05) is 6.42 Å². The van der Waals surface area contributed by atoms with E-state index in [0.717, 1.165) is 6.04 Å². The van der Waals surface area contributed by atoms with Crippen LogP contribution < -0.4 is 5.32 Å². The molecule has 0 bridgehead atoms. The van der Waals surface area contributed by atoms with E-state index >= 15 is 0 Å². The minimum Gasteiger partial charge on any atom is -0.381 e. The Kier molecular flexibility index (Phi) is 5.46. The maximum atomic E-state index is 5.50. The monoisotopic (exact) mass is 254 g/mol. The molecule has 0 saturated carbocycles. The molecule has 106 valence electrons. The van der Waals surface area contributed by atoms with E-state index in [2.05, 4.69) is 24.1 Å². The third-order valence-corrected chi connectivity index (χ3v) is 4.82. The van der Waals surface area contributed by atoms with E-state index in [1.54, 1.807) is 0 Å². The van der Waals surface area contributed by atoms with E-state index < -0.39 is 0 Å². The van der Waals surface area contributed by atoms with Crippen molar-refractivity contribution in [2.24, 2.45) is 0 Å². The van der Waals surface area contributed by atoms with Crippen molar-refractivity contribution in [3.63, 3.8) is 0 Å². The summed E-state index contributed by atoms with van der Waals surface area (Å²) in [6.07, 6.45) is 8.32. The van der Waals surface area contributed by atoms with Gasteiger partial charge in [0, 0.05) is 31.8 Å². The molecule has 0 aromatic rings. The molecule has 0 aromatic carbocycles. The van der Waals surface area contributed by atoms with Crippen LogP contribution in [0.1, 0.15) is 52.4 Å². The van der Waals surface area contributed by atoms with Gasteiger partial charge in [-0.3, -0.25) is 4.90 Å². The molecule has 2 rings (SSSR count). The fraction of sp³-hybridized carbons (Fsp3) is 1.00. The molecular weight excluding hydrogens is 224 g/mol. The minimum atomic E-state index is 0.483. The number of ether oxygens (including phenoxy) is 1. The lowest BCUT2D eigenvalue weighted by Crippen LogP contribution is -2.50. The molecule has 2 fully saturated rings. The Morgan fingerprint density at radius 3 is 2.78 bits per heavy atom. The van der Waals surface area contributed by atoms with Gasteiger partial charge in [0.2, 0.25) is 0 Å². The number of hydrogen-bond acceptors (Lipinski definition) is 3. The maximum Gasteiger partial charge on any atom is 0.0598 e. The summed E-state index contributed by atoms with van der Waals surface area (Å²) in [7, 11) is 1.85. The smallest absolute Gasteiger partial charge is 0.0598 e. The molecule has 2 saturated heterocycles. The average molecular weight is 254 g/mol. The topological polar surface area (TPSA) is 24.5 Å². The summed E-state index contributed by atoms with van der Waals surface area (Å²) < 4.78 is 5.50. The molecule has 0 amide bonds. The van der Waals surface area contributed by atoms with Gasteiger partial charge in [0.1, 0.15) is 0 Å². The fourth-order valence-electron chi connectivity index (χ4n) is 3.69. The number of hydrogen-bond donors (Lipinski definition) is 1. The van der Waals surface area contributed by atoms with Crippen LogP contribution in [0.2, 0.25) is 0 Å². The number of likely N-dealkylation sites (tertiary alicyclic amines) is 1. The van der Waals surface area contributed by atoms with E-state index in [4.69, 9.17) is 4.74 Å². The molecule has 2 aliphatic rings. The Morgan fingerprint density at radius 2 is 2.17 bits per heavy atom. The van der Waals surface area contributed by atoms with Gasteiger partial charge in [-0.2, -0.15) is 0 Å². The van der Waals surface area contributed by atoms with E-state index in [9.17, 15) is 0 Å². The van der Waals surface area contributed by atoms with Gasteiger partial charge >= 0.3 is 0 Å². The van der Waals surface area contributed by atoms with E-state index in [0.29, 0.717) is 18.2 Å². The molecule has 0 spiro atoms. The SMILES string of the molecule is COC1CCN(C(C)CC2CCCCN2)C(C)C1. The fourth-order valence-corrected chi connectivity index (χ4v) is 3.69. The predicted molar refractivity (Wildman–Crippen MR) is 75.9 cm³/mol. The van der Waals surface area contributed by atoms with Crippen molar-refractivity contribution in [3.05, 3.63) is 0 Å². The zero-order valence-electron chi connectivity index (χ0n) is 12.3. The first-order valence-corrected chi connectivity index (χ1v) is 7.72. The number of nitrogens with one attached hydrogen (secondary N) is 1. The third-order valence-electron chi connectivity index (χ3n) is 4.82. The van der Waals surface area contributed by atoms with Gasteiger partial charge in [-0.05, 0) is 52.5 Å². The lowest BCUT2D eigenvalue weighted by Gasteiger charge is -2.42. The van der Waals surface area contributed by atoms with Crippen molar-refractivity contribution >= 4 is 0 Å². The van der Waals surface area contributed by atoms with Crippen molar-refractivity contribution in [3.8, 4) is 0 Å². The Labute approximate surface area is 112 Å². The first-order valence-electron chi connectivity index (χ1n) is 7.72. The molecule has 2 heterocycles. The van der Waals surface area contributed by atoms with Crippen LogP contribution in [0.5, 0.6) is 0 Å². The van der Waals surface area contributed by atoms with E-state index in [1.165, 1.54) is 51.6 Å². The van der Waals surface area contributed by atoms with E-state index in [1.807, 2.05) is 7.11 Å². The quantitative estimate of drug-likeness (QED) is 0.834. The number of nitrogens with zero attached hydrogens (tertiary/aromatic N) is 1. The Bertz CT molecular complexity index is 241. The second kappa shape index (κ2) is 6.88. The summed E-state index contributed by atoms with van der Waals surface area (Å²) in [5, 5.41) is 3.67. The Morgan fingerprint density at radius 1 is 1.33 bits per heavy atom. The summed E-state index contributed by atoms with van der Waals surface area (Å²) in [5.41, 5.74) is 0. The maximum absolute atomic E-state index is 5.50. The van der Waals surface area contributed by atoms with Crippen molar-refractivity contribution in [1.29, 1.82) is 0 Å². The summed E-state index contributed by atoms with van der Waals surface area (Å²) >= 11 is 0. The highest BCUT2D eigenvalue weighted by Crippen LogP contribution is 2.24. The average Bonchev–Trinajstić information content (AvgIpc) is 2.39. The molecule has 1 N–H and O–H groups in total. The molecule has 2 aliphatic heterocycles. The van der Waals surface area contributed by atoms with E-state index in [-0.39, 0.29) is 0 Å². The first kappa shape index (κ1) is 14.3. The molecule has 0 aromatic heterocycles. The van der Waals surface area contributed by atoms with Crippen molar-refractivity contribution in [2.45, 2.75) is 76.6 Å². The van der Waals surface area contributed by atoms with Crippen LogP contribution in [-0.2, 0) is 4.74 Å². The minimum absolute atomic E-state index is 0.483. The molecule has 3 nitrogen and oxygen atoms in total. The van der Waals surface area contributed by atoms with Gasteiger partial charge in [0.15, 0.2) is 0 Å². The normalized spacial score (nSPS) is 36.5. The summed E-state index contributed by atoms with van der Waals surface area (Å²) in [6, 6.07) is 2.12. The standard InChI is InChI=1S/C15H30N2O/c1-12(10-14-6-4-5-8-16-14)17-9-7-15(18-3)11-13(17)2/h12-16H,4-11H2,1-3H3. The third kappa shape index (κ3) is 3.69. The zero-order valence-corrected chi connectivity index (χ0v) is 12.3.